The lowest BCUT2D eigenvalue weighted by molar-refractivity contribution is 0.0992. The molecule has 2 bridgehead atoms. The zero-order chi connectivity index (χ0) is 17.1. The number of ether oxygens (including phenoxy) is 1. The van der Waals surface area contributed by atoms with Gasteiger partial charge >= 0.3 is 0 Å². The SMILES string of the molecule is CN=C(NCc1cccc(Cn2ccnc2)c1)NC1CC2CCC1O2. The summed E-state index contributed by atoms with van der Waals surface area (Å²) in [6, 6.07) is 8.99. The van der Waals surface area contributed by atoms with E-state index in [0.717, 1.165) is 31.9 Å². The van der Waals surface area contributed by atoms with Gasteiger partial charge in [-0.3, -0.25) is 4.99 Å². The van der Waals surface area contributed by atoms with Crippen molar-refractivity contribution in [3.05, 3.63) is 54.1 Å². The van der Waals surface area contributed by atoms with Crippen molar-refractivity contribution in [2.45, 2.75) is 50.6 Å². The van der Waals surface area contributed by atoms with Gasteiger partial charge in [-0.1, -0.05) is 24.3 Å². The van der Waals surface area contributed by atoms with Gasteiger partial charge in [0.05, 0.1) is 24.6 Å². The molecule has 1 aromatic heterocycles. The minimum Gasteiger partial charge on any atom is -0.373 e. The van der Waals surface area contributed by atoms with Crippen molar-refractivity contribution in [1.82, 2.24) is 20.2 Å². The first-order valence-corrected chi connectivity index (χ1v) is 8.96. The zero-order valence-electron chi connectivity index (χ0n) is 14.6. The third kappa shape index (κ3) is 3.85. The van der Waals surface area contributed by atoms with Crippen molar-refractivity contribution in [2.24, 2.45) is 4.99 Å². The summed E-state index contributed by atoms with van der Waals surface area (Å²) >= 11 is 0. The molecule has 2 fully saturated rings. The predicted octanol–water partition coefficient (Wildman–Crippen LogP) is 1.92. The number of fused-ring (bicyclic) bond motifs is 2. The highest BCUT2D eigenvalue weighted by Crippen LogP contribution is 2.34. The molecule has 2 aliphatic rings. The fraction of sp³-hybridized carbons (Fsp3) is 0.474. The Morgan fingerprint density at radius 2 is 2.28 bits per heavy atom. The van der Waals surface area contributed by atoms with E-state index in [0.29, 0.717) is 18.2 Å². The molecule has 132 valence electrons. The average molecular weight is 339 g/mol. The van der Waals surface area contributed by atoms with Crippen LogP contribution in [0.25, 0.3) is 0 Å². The Hall–Kier alpha value is -2.34. The van der Waals surface area contributed by atoms with Crippen LogP contribution < -0.4 is 10.6 Å². The van der Waals surface area contributed by atoms with Crippen molar-refractivity contribution in [1.29, 1.82) is 0 Å². The Labute approximate surface area is 148 Å². The lowest BCUT2D eigenvalue weighted by Gasteiger charge is -2.22. The van der Waals surface area contributed by atoms with E-state index in [4.69, 9.17) is 4.74 Å². The molecule has 6 heteroatoms. The molecule has 2 saturated heterocycles. The lowest BCUT2D eigenvalue weighted by atomic mass is 9.96. The van der Waals surface area contributed by atoms with Crippen LogP contribution in [0.5, 0.6) is 0 Å². The number of hydrogen-bond acceptors (Lipinski definition) is 3. The van der Waals surface area contributed by atoms with E-state index in [1.165, 1.54) is 17.5 Å². The van der Waals surface area contributed by atoms with Crippen molar-refractivity contribution < 1.29 is 4.74 Å². The first-order chi connectivity index (χ1) is 12.3. The topological polar surface area (TPSA) is 63.5 Å². The van der Waals surface area contributed by atoms with E-state index in [1.807, 2.05) is 19.6 Å². The van der Waals surface area contributed by atoms with Gasteiger partial charge in [0.25, 0.3) is 0 Å². The largest absolute Gasteiger partial charge is 0.373 e. The number of rotatable bonds is 5. The highest BCUT2D eigenvalue weighted by atomic mass is 16.5. The summed E-state index contributed by atoms with van der Waals surface area (Å²) in [4.78, 5) is 8.45. The normalized spacial score (nSPS) is 25.3. The lowest BCUT2D eigenvalue weighted by Crippen LogP contribution is -2.47. The molecule has 2 N–H and O–H groups in total. The maximum atomic E-state index is 5.91. The van der Waals surface area contributed by atoms with Gasteiger partial charge in [-0.15, -0.1) is 0 Å². The van der Waals surface area contributed by atoms with Crippen LogP contribution in [0.2, 0.25) is 0 Å². The Bertz CT molecular complexity index is 727. The van der Waals surface area contributed by atoms with Crippen LogP contribution in [-0.2, 0) is 17.8 Å². The number of nitrogens with one attached hydrogen (secondary N) is 2. The second-order valence-corrected chi connectivity index (χ2v) is 6.84. The highest BCUT2D eigenvalue weighted by Gasteiger charge is 2.41. The first-order valence-electron chi connectivity index (χ1n) is 8.96. The molecule has 25 heavy (non-hydrogen) atoms. The van der Waals surface area contributed by atoms with Gasteiger partial charge < -0.3 is 19.9 Å². The Kier molecular flexibility index (Phi) is 4.70. The van der Waals surface area contributed by atoms with E-state index >= 15 is 0 Å². The van der Waals surface area contributed by atoms with Gasteiger partial charge in [-0.05, 0) is 30.4 Å². The Morgan fingerprint density at radius 1 is 1.36 bits per heavy atom. The first kappa shape index (κ1) is 16.1. The summed E-state index contributed by atoms with van der Waals surface area (Å²) in [6.45, 7) is 1.59. The average Bonchev–Trinajstić information content (AvgIpc) is 3.37. The molecule has 0 aliphatic carbocycles. The minimum atomic E-state index is 0.349. The van der Waals surface area contributed by atoms with Crippen molar-refractivity contribution in [3.63, 3.8) is 0 Å². The molecule has 0 spiro atoms. The molecule has 6 nitrogen and oxygen atoms in total. The maximum Gasteiger partial charge on any atom is 0.191 e. The van der Waals surface area contributed by atoms with Crippen LogP contribution in [0.1, 0.15) is 30.4 Å². The molecule has 1 aromatic carbocycles. The summed E-state index contributed by atoms with van der Waals surface area (Å²) in [7, 11) is 1.82. The van der Waals surface area contributed by atoms with Crippen LogP contribution in [0, 0.1) is 0 Å². The molecule has 2 aromatic rings. The van der Waals surface area contributed by atoms with Gasteiger partial charge in [0, 0.05) is 32.5 Å². The molecule has 0 saturated carbocycles. The Balaban J connectivity index is 1.32. The summed E-state index contributed by atoms with van der Waals surface area (Å²) in [5.41, 5.74) is 2.51. The van der Waals surface area contributed by atoms with Crippen LogP contribution in [-0.4, -0.2) is 40.8 Å². The van der Waals surface area contributed by atoms with E-state index in [-0.39, 0.29) is 0 Å². The molecule has 3 unspecified atom stereocenters. The van der Waals surface area contributed by atoms with Crippen molar-refractivity contribution in [2.75, 3.05) is 7.05 Å². The zero-order valence-corrected chi connectivity index (χ0v) is 14.6. The van der Waals surface area contributed by atoms with Gasteiger partial charge in [0.15, 0.2) is 5.96 Å². The fourth-order valence-corrected chi connectivity index (χ4v) is 3.77. The number of guanidine groups is 1. The summed E-state index contributed by atoms with van der Waals surface area (Å²) < 4.78 is 7.98. The number of aliphatic imine (C=N–C) groups is 1. The molecule has 2 aliphatic heterocycles. The third-order valence-corrected chi connectivity index (χ3v) is 5.03. The quantitative estimate of drug-likeness (QED) is 0.645. The van der Waals surface area contributed by atoms with Gasteiger partial charge in [0.2, 0.25) is 0 Å². The maximum absolute atomic E-state index is 5.91. The van der Waals surface area contributed by atoms with E-state index < -0.39 is 0 Å². The highest BCUT2D eigenvalue weighted by molar-refractivity contribution is 5.80. The number of imidazole rings is 1. The van der Waals surface area contributed by atoms with Gasteiger partial charge in [-0.2, -0.15) is 0 Å². The molecule has 0 amide bonds. The Morgan fingerprint density at radius 3 is 3.00 bits per heavy atom. The standard InChI is InChI=1S/C19H25N5O/c1-20-19(23-17-10-16-5-6-18(17)25-16)22-11-14-3-2-4-15(9-14)12-24-8-7-21-13-24/h2-4,7-9,13,16-18H,5-6,10-12H2,1H3,(H2,20,22,23). The van der Waals surface area contributed by atoms with E-state index in [2.05, 4.69) is 49.4 Å². The monoisotopic (exact) mass is 339 g/mol. The van der Waals surface area contributed by atoms with Crippen molar-refractivity contribution in [3.8, 4) is 0 Å². The van der Waals surface area contributed by atoms with E-state index in [1.54, 1.807) is 6.20 Å². The third-order valence-electron chi connectivity index (χ3n) is 5.03. The van der Waals surface area contributed by atoms with Crippen LogP contribution in [0.3, 0.4) is 0 Å². The second-order valence-electron chi connectivity index (χ2n) is 6.84. The van der Waals surface area contributed by atoms with Crippen LogP contribution in [0.15, 0.2) is 48.0 Å². The summed E-state index contributed by atoms with van der Waals surface area (Å²) in [6.07, 6.45) is 9.88. The van der Waals surface area contributed by atoms with Crippen LogP contribution >= 0.6 is 0 Å². The van der Waals surface area contributed by atoms with Crippen molar-refractivity contribution >= 4 is 5.96 Å². The minimum absolute atomic E-state index is 0.349. The van der Waals surface area contributed by atoms with Gasteiger partial charge in [0.1, 0.15) is 0 Å². The second kappa shape index (κ2) is 7.27. The number of nitrogens with zero attached hydrogens (tertiary/aromatic N) is 3. The molecule has 3 heterocycles. The molecule has 0 radical (unpaired) electrons. The smallest absolute Gasteiger partial charge is 0.191 e. The molecular weight excluding hydrogens is 314 g/mol. The van der Waals surface area contributed by atoms with E-state index in [9.17, 15) is 0 Å². The van der Waals surface area contributed by atoms with Gasteiger partial charge in [-0.25, -0.2) is 4.98 Å². The number of benzene rings is 1. The predicted molar refractivity (Wildman–Crippen MR) is 97.4 cm³/mol. The summed E-state index contributed by atoms with van der Waals surface area (Å²) in [5, 5.41) is 6.94. The molecular formula is C19H25N5O. The number of aromatic nitrogens is 2. The molecule has 4 rings (SSSR count). The number of hydrogen-bond donors (Lipinski definition) is 2. The fourth-order valence-electron chi connectivity index (χ4n) is 3.77. The van der Waals surface area contributed by atoms with Crippen LogP contribution in [0.4, 0.5) is 0 Å². The molecule has 3 atom stereocenters. The summed E-state index contributed by atoms with van der Waals surface area (Å²) in [5.74, 6) is 0.848.